The first kappa shape index (κ1) is 27.3. The quantitative estimate of drug-likeness (QED) is 0.367. The number of aryl methyl sites for hydroxylation is 1. The molecule has 2 aliphatic heterocycles. The van der Waals surface area contributed by atoms with Gasteiger partial charge in [-0.2, -0.15) is 0 Å². The molecule has 2 saturated heterocycles. The molecule has 206 valence electrons. The molecule has 0 aliphatic carbocycles. The normalized spacial score (nSPS) is 16.7. The van der Waals surface area contributed by atoms with Crippen LogP contribution in [-0.2, 0) is 13.6 Å². The molecule has 1 N–H and O–H groups in total. The number of hydrogen-bond donors (Lipinski definition) is 1. The Labute approximate surface area is 234 Å². The minimum Gasteiger partial charge on any atom is -0.410 e. The number of thioether (sulfide) groups is 1. The molecule has 2 aliphatic rings. The van der Waals surface area contributed by atoms with Gasteiger partial charge in [0.15, 0.2) is 5.16 Å². The Bertz CT molecular complexity index is 1230. The molecule has 0 bridgehead atoms. The first-order chi connectivity index (χ1) is 19.0. The van der Waals surface area contributed by atoms with Gasteiger partial charge in [0, 0.05) is 56.1 Å². The summed E-state index contributed by atoms with van der Waals surface area (Å²) in [7, 11) is 2.00. The molecule has 3 heterocycles. The fourth-order valence-electron chi connectivity index (χ4n) is 5.08. The van der Waals surface area contributed by atoms with Crippen LogP contribution in [-0.4, -0.2) is 63.3 Å². The predicted molar refractivity (Wildman–Crippen MR) is 154 cm³/mol. The number of amides is 2. The Morgan fingerprint density at radius 3 is 2.36 bits per heavy atom. The van der Waals surface area contributed by atoms with Gasteiger partial charge in [0.2, 0.25) is 0 Å². The fraction of sp³-hybridized carbons (Fsp3) is 0.433. The number of carbonyl (C=O) groups excluding carboxylic acids is 2. The van der Waals surface area contributed by atoms with Crippen molar-refractivity contribution in [1.82, 2.24) is 19.4 Å². The van der Waals surface area contributed by atoms with E-state index in [0.29, 0.717) is 36.0 Å². The molecule has 9 heteroatoms. The summed E-state index contributed by atoms with van der Waals surface area (Å²) in [5.41, 5.74) is 2.50. The molecule has 1 aromatic heterocycles. The summed E-state index contributed by atoms with van der Waals surface area (Å²) in [5, 5.41) is 3.95. The molecular weight excluding hydrogens is 510 g/mol. The number of nitrogens with one attached hydrogen (secondary N) is 1. The molecule has 0 spiro atoms. The van der Waals surface area contributed by atoms with Crippen LogP contribution in [0.2, 0.25) is 0 Å². The lowest BCUT2D eigenvalue weighted by molar-refractivity contribution is 0.102. The van der Waals surface area contributed by atoms with Gasteiger partial charge < -0.3 is 19.5 Å². The summed E-state index contributed by atoms with van der Waals surface area (Å²) in [6.45, 7) is 4.62. The Hall–Kier alpha value is -3.30. The zero-order valence-corrected chi connectivity index (χ0v) is 23.4. The van der Waals surface area contributed by atoms with E-state index >= 15 is 0 Å². The predicted octanol–water partition coefficient (Wildman–Crippen LogP) is 5.66. The molecule has 0 radical (unpaired) electrons. The van der Waals surface area contributed by atoms with Gasteiger partial charge in [-0.05, 0) is 86.7 Å². The number of rotatable bonds is 8. The number of hydrogen-bond acceptors (Lipinski definition) is 6. The molecule has 0 saturated carbocycles. The number of benzene rings is 2. The van der Waals surface area contributed by atoms with Crippen LogP contribution in [0.15, 0.2) is 66.1 Å². The third-order valence-electron chi connectivity index (χ3n) is 7.49. The molecule has 39 heavy (non-hydrogen) atoms. The van der Waals surface area contributed by atoms with Crippen LogP contribution in [0.5, 0.6) is 5.75 Å². The van der Waals surface area contributed by atoms with Crippen LogP contribution >= 0.6 is 11.8 Å². The highest BCUT2D eigenvalue weighted by atomic mass is 32.2. The second-order valence-electron chi connectivity index (χ2n) is 10.4. The zero-order valence-electron chi connectivity index (χ0n) is 22.6. The average molecular weight is 548 g/mol. The Morgan fingerprint density at radius 1 is 0.974 bits per heavy atom. The lowest BCUT2D eigenvalue weighted by Gasteiger charge is -2.31. The van der Waals surface area contributed by atoms with Gasteiger partial charge in [0.05, 0.1) is 0 Å². The van der Waals surface area contributed by atoms with E-state index in [4.69, 9.17) is 4.74 Å². The second kappa shape index (κ2) is 13.2. The molecule has 0 atom stereocenters. The van der Waals surface area contributed by atoms with Crippen LogP contribution in [0, 0.1) is 5.92 Å². The van der Waals surface area contributed by atoms with E-state index < -0.39 is 0 Å². The molecule has 5 rings (SSSR count). The van der Waals surface area contributed by atoms with Crippen molar-refractivity contribution in [2.24, 2.45) is 13.0 Å². The van der Waals surface area contributed by atoms with Crippen molar-refractivity contribution in [2.75, 3.05) is 37.2 Å². The molecule has 3 aromatic rings. The lowest BCUT2D eigenvalue weighted by Crippen LogP contribution is -2.40. The summed E-state index contributed by atoms with van der Waals surface area (Å²) in [6.07, 6.45) is 9.22. The highest BCUT2D eigenvalue weighted by Crippen LogP contribution is 2.26. The maximum absolute atomic E-state index is 12.7. The highest BCUT2D eigenvalue weighted by Gasteiger charge is 2.24. The zero-order chi connectivity index (χ0) is 27.0. The third-order valence-corrected chi connectivity index (χ3v) is 8.78. The van der Waals surface area contributed by atoms with Gasteiger partial charge in [-0.15, -0.1) is 0 Å². The standard InChI is InChI=1S/C30H37N5O3S/c1-33-20-15-31-29(33)39-22-24-13-18-35(19-14-24)30(37)38-27-11-9-26(10-12-27)32-28(36)25-7-5-23(6-8-25)21-34-16-3-2-4-17-34/h5-12,15,20,24H,2-4,13-14,16-19,21-22H2,1H3,(H,32,36). The lowest BCUT2D eigenvalue weighted by atomic mass is 9.99. The molecular formula is C30H37N5O3S. The summed E-state index contributed by atoms with van der Waals surface area (Å²) in [6, 6.07) is 14.8. The van der Waals surface area contributed by atoms with Crippen LogP contribution < -0.4 is 10.1 Å². The first-order valence-corrected chi connectivity index (χ1v) is 14.8. The number of imidazole rings is 1. The average Bonchev–Trinajstić information content (AvgIpc) is 3.38. The van der Waals surface area contributed by atoms with Gasteiger partial charge in [0.25, 0.3) is 5.91 Å². The number of piperidine rings is 2. The van der Waals surface area contributed by atoms with Crippen LogP contribution in [0.4, 0.5) is 10.5 Å². The number of nitrogens with zero attached hydrogens (tertiary/aromatic N) is 4. The van der Waals surface area contributed by atoms with Gasteiger partial charge in [-0.1, -0.05) is 30.3 Å². The Balaban J connectivity index is 1.04. The minimum absolute atomic E-state index is 0.159. The van der Waals surface area contributed by atoms with Crippen molar-refractivity contribution < 1.29 is 14.3 Å². The van der Waals surface area contributed by atoms with Crippen molar-refractivity contribution in [2.45, 2.75) is 43.8 Å². The van der Waals surface area contributed by atoms with Crippen LogP contribution in [0.25, 0.3) is 0 Å². The third kappa shape index (κ3) is 7.64. The molecule has 8 nitrogen and oxygen atoms in total. The van der Waals surface area contributed by atoms with Crippen molar-refractivity contribution in [3.05, 3.63) is 72.1 Å². The number of aromatic nitrogens is 2. The van der Waals surface area contributed by atoms with Crippen LogP contribution in [0.3, 0.4) is 0 Å². The van der Waals surface area contributed by atoms with E-state index in [9.17, 15) is 9.59 Å². The maximum Gasteiger partial charge on any atom is 0.415 e. The molecule has 2 amide bonds. The smallest absolute Gasteiger partial charge is 0.410 e. The van der Waals surface area contributed by atoms with Crippen molar-refractivity contribution in [3.8, 4) is 5.75 Å². The van der Waals surface area contributed by atoms with E-state index in [-0.39, 0.29) is 12.0 Å². The van der Waals surface area contributed by atoms with Crippen molar-refractivity contribution in [1.29, 1.82) is 0 Å². The maximum atomic E-state index is 12.7. The Kier molecular flexibility index (Phi) is 9.21. The fourth-order valence-corrected chi connectivity index (χ4v) is 6.20. The Morgan fingerprint density at radius 2 is 1.69 bits per heavy atom. The summed E-state index contributed by atoms with van der Waals surface area (Å²) >= 11 is 1.77. The minimum atomic E-state index is -0.327. The van der Waals surface area contributed by atoms with E-state index in [1.54, 1.807) is 40.9 Å². The second-order valence-corrected chi connectivity index (χ2v) is 11.4. The largest absolute Gasteiger partial charge is 0.415 e. The summed E-state index contributed by atoms with van der Waals surface area (Å²) in [4.78, 5) is 34.0. The molecule has 2 aromatic carbocycles. The van der Waals surface area contributed by atoms with E-state index in [1.807, 2.05) is 48.3 Å². The molecule has 2 fully saturated rings. The van der Waals surface area contributed by atoms with Gasteiger partial charge in [-0.25, -0.2) is 9.78 Å². The van der Waals surface area contributed by atoms with Gasteiger partial charge >= 0.3 is 6.09 Å². The SMILES string of the molecule is Cn1ccnc1SCC1CCN(C(=O)Oc2ccc(NC(=O)c3ccc(CN4CCCCC4)cc3)cc2)CC1. The number of ether oxygens (including phenoxy) is 1. The number of anilines is 1. The summed E-state index contributed by atoms with van der Waals surface area (Å²) < 4.78 is 7.63. The van der Waals surface area contributed by atoms with Crippen molar-refractivity contribution >= 4 is 29.4 Å². The van der Waals surface area contributed by atoms with E-state index in [2.05, 4.69) is 15.2 Å². The van der Waals surface area contributed by atoms with Gasteiger partial charge in [-0.3, -0.25) is 9.69 Å². The van der Waals surface area contributed by atoms with Crippen LogP contribution in [0.1, 0.15) is 48.0 Å². The topological polar surface area (TPSA) is 79.7 Å². The summed E-state index contributed by atoms with van der Waals surface area (Å²) in [5.74, 6) is 1.87. The van der Waals surface area contributed by atoms with E-state index in [1.165, 1.54) is 24.8 Å². The van der Waals surface area contributed by atoms with E-state index in [0.717, 1.165) is 43.4 Å². The molecule has 0 unspecified atom stereocenters. The first-order valence-electron chi connectivity index (χ1n) is 13.8. The monoisotopic (exact) mass is 547 g/mol. The number of likely N-dealkylation sites (tertiary alicyclic amines) is 2. The van der Waals surface area contributed by atoms with Gasteiger partial charge in [0.1, 0.15) is 5.75 Å². The number of carbonyl (C=O) groups is 2. The van der Waals surface area contributed by atoms with Crippen molar-refractivity contribution in [3.63, 3.8) is 0 Å². The highest BCUT2D eigenvalue weighted by molar-refractivity contribution is 7.99.